The van der Waals surface area contributed by atoms with Gasteiger partial charge in [0.1, 0.15) is 0 Å². The van der Waals surface area contributed by atoms with E-state index in [4.69, 9.17) is 4.74 Å². The lowest BCUT2D eigenvalue weighted by Gasteiger charge is -2.31. The molecule has 2 atom stereocenters. The third kappa shape index (κ3) is 6.05. The Bertz CT molecular complexity index is 580. The SMILES string of the molecule is Cl.Cl.O=C(CCc1ccncc1)N[C@H]1CN(C2CCOCC2)C[C@@H]1C1CC1. The third-order valence-corrected chi connectivity index (χ3v) is 6.06. The van der Waals surface area contributed by atoms with Gasteiger partial charge in [0.05, 0.1) is 0 Å². The number of pyridine rings is 1. The van der Waals surface area contributed by atoms with Crippen LogP contribution in [0.15, 0.2) is 24.5 Å². The van der Waals surface area contributed by atoms with E-state index < -0.39 is 0 Å². The normalized spacial score (nSPS) is 26.1. The molecule has 1 aromatic heterocycles. The lowest BCUT2D eigenvalue weighted by atomic mass is 9.98. The topological polar surface area (TPSA) is 54.5 Å². The number of likely N-dealkylation sites (tertiary alicyclic amines) is 1. The molecule has 152 valence electrons. The van der Waals surface area contributed by atoms with Gasteiger partial charge in [0, 0.05) is 57.2 Å². The molecule has 0 radical (unpaired) electrons. The van der Waals surface area contributed by atoms with E-state index in [1.54, 1.807) is 12.4 Å². The summed E-state index contributed by atoms with van der Waals surface area (Å²) in [4.78, 5) is 19.1. The Morgan fingerprint density at radius 2 is 1.81 bits per heavy atom. The van der Waals surface area contributed by atoms with Crippen LogP contribution in [0.5, 0.6) is 0 Å². The predicted molar refractivity (Wildman–Crippen MR) is 111 cm³/mol. The molecule has 3 heterocycles. The Morgan fingerprint density at radius 1 is 1.11 bits per heavy atom. The van der Waals surface area contributed by atoms with E-state index in [9.17, 15) is 4.79 Å². The molecule has 1 amide bonds. The first-order valence-electron chi connectivity index (χ1n) is 9.79. The van der Waals surface area contributed by atoms with Crippen molar-refractivity contribution in [1.82, 2.24) is 15.2 Å². The molecule has 0 bridgehead atoms. The van der Waals surface area contributed by atoms with Crippen molar-refractivity contribution in [3.8, 4) is 0 Å². The largest absolute Gasteiger partial charge is 0.381 e. The molecule has 27 heavy (non-hydrogen) atoms. The van der Waals surface area contributed by atoms with E-state index in [1.807, 2.05) is 12.1 Å². The van der Waals surface area contributed by atoms with Crippen molar-refractivity contribution < 1.29 is 9.53 Å². The molecule has 1 N–H and O–H groups in total. The highest BCUT2D eigenvalue weighted by atomic mass is 35.5. The van der Waals surface area contributed by atoms with Gasteiger partial charge in [0.25, 0.3) is 0 Å². The molecule has 3 aliphatic rings. The minimum absolute atomic E-state index is 0. The quantitative estimate of drug-likeness (QED) is 0.775. The number of carbonyl (C=O) groups excluding carboxylic acids is 1. The minimum atomic E-state index is 0. The first kappa shape index (κ1) is 22.4. The fourth-order valence-electron chi connectivity index (χ4n) is 4.45. The van der Waals surface area contributed by atoms with Crippen molar-refractivity contribution in [3.05, 3.63) is 30.1 Å². The predicted octanol–water partition coefficient (Wildman–Crippen LogP) is 2.86. The van der Waals surface area contributed by atoms with Gasteiger partial charge in [0.2, 0.25) is 5.91 Å². The van der Waals surface area contributed by atoms with Crippen molar-refractivity contribution >= 4 is 30.7 Å². The number of aryl methyl sites for hydroxylation is 1. The van der Waals surface area contributed by atoms with Gasteiger partial charge in [0.15, 0.2) is 0 Å². The fourth-order valence-corrected chi connectivity index (χ4v) is 4.45. The number of nitrogens with one attached hydrogen (secondary N) is 1. The maximum absolute atomic E-state index is 12.5. The molecule has 0 unspecified atom stereocenters. The minimum Gasteiger partial charge on any atom is -0.381 e. The molecule has 3 fully saturated rings. The maximum Gasteiger partial charge on any atom is 0.220 e. The van der Waals surface area contributed by atoms with Gasteiger partial charge >= 0.3 is 0 Å². The molecule has 4 rings (SSSR count). The number of hydrogen-bond acceptors (Lipinski definition) is 4. The van der Waals surface area contributed by atoms with Crippen LogP contribution in [0.3, 0.4) is 0 Å². The van der Waals surface area contributed by atoms with Crippen molar-refractivity contribution in [1.29, 1.82) is 0 Å². The number of hydrogen-bond donors (Lipinski definition) is 1. The highest BCUT2D eigenvalue weighted by Crippen LogP contribution is 2.42. The smallest absolute Gasteiger partial charge is 0.220 e. The van der Waals surface area contributed by atoms with Crippen LogP contribution in [0.25, 0.3) is 0 Å². The van der Waals surface area contributed by atoms with Gasteiger partial charge < -0.3 is 10.1 Å². The standard InChI is InChI=1S/C20H29N3O2.2ClH/c24-20(4-1-15-5-9-21-10-6-15)22-19-14-23(13-18(19)16-2-3-16)17-7-11-25-12-8-17;;/h5-6,9-10,16-19H,1-4,7-8,11-14H2,(H,22,24);2*1H/t18-,19+;;/m1../s1. The Balaban J connectivity index is 0.00000131. The van der Waals surface area contributed by atoms with E-state index >= 15 is 0 Å². The average Bonchev–Trinajstić information content (AvgIpc) is 3.42. The second-order valence-electron chi connectivity index (χ2n) is 7.83. The molecule has 1 aromatic rings. The maximum atomic E-state index is 12.5. The lowest BCUT2D eigenvalue weighted by Crippen LogP contribution is -2.43. The van der Waals surface area contributed by atoms with Crippen LogP contribution < -0.4 is 5.32 Å². The Kier molecular flexibility index (Phi) is 8.80. The molecule has 0 aromatic carbocycles. The number of nitrogens with zero attached hydrogens (tertiary/aromatic N) is 2. The molecule has 1 saturated carbocycles. The van der Waals surface area contributed by atoms with Crippen LogP contribution in [0, 0.1) is 11.8 Å². The molecule has 2 saturated heterocycles. The van der Waals surface area contributed by atoms with Crippen LogP contribution in [-0.4, -0.2) is 54.2 Å². The number of rotatable bonds is 6. The molecule has 7 heteroatoms. The van der Waals surface area contributed by atoms with Gasteiger partial charge in [-0.25, -0.2) is 0 Å². The summed E-state index contributed by atoms with van der Waals surface area (Å²) in [6, 6.07) is 4.96. The summed E-state index contributed by atoms with van der Waals surface area (Å²) in [5.41, 5.74) is 1.18. The zero-order valence-electron chi connectivity index (χ0n) is 15.7. The van der Waals surface area contributed by atoms with Crippen molar-refractivity contribution in [3.63, 3.8) is 0 Å². The van der Waals surface area contributed by atoms with Gasteiger partial charge in [-0.2, -0.15) is 0 Å². The molecule has 0 spiro atoms. The Labute approximate surface area is 174 Å². The lowest BCUT2D eigenvalue weighted by molar-refractivity contribution is -0.122. The summed E-state index contributed by atoms with van der Waals surface area (Å²) in [6.45, 7) is 3.95. The average molecular weight is 416 g/mol. The van der Waals surface area contributed by atoms with Gasteiger partial charge in [-0.15, -0.1) is 24.8 Å². The number of halogens is 2. The summed E-state index contributed by atoms with van der Waals surface area (Å²) < 4.78 is 5.51. The Hall–Kier alpha value is -0.880. The van der Waals surface area contributed by atoms with Crippen LogP contribution >= 0.6 is 24.8 Å². The number of amides is 1. The van der Waals surface area contributed by atoms with E-state index in [2.05, 4.69) is 15.2 Å². The summed E-state index contributed by atoms with van der Waals surface area (Å²) in [5.74, 6) is 1.67. The highest BCUT2D eigenvalue weighted by molar-refractivity contribution is 5.85. The first-order valence-corrected chi connectivity index (χ1v) is 9.79. The number of aromatic nitrogens is 1. The molecular weight excluding hydrogens is 385 g/mol. The molecule has 2 aliphatic heterocycles. The molecule has 1 aliphatic carbocycles. The molecule has 5 nitrogen and oxygen atoms in total. The fraction of sp³-hybridized carbons (Fsp3) is 0.700. The summed E-state index contributed by atoms with van der Waals surface area (Å²) in [7, 11) is 0. The second kappa shape index (κ2) is 10.6. The zero-order chi connectivity index (χ0) is 17.1. The number of ether oxygens (including phenoxy) is 1. The zero-order valence-corrected chi connectivity index (χ0v) is 17.4. The highest BCUT2D eigenvalue weighted by Gasteiger charge is 2.44. The van der Waals surface area contributed by atoms with E-state index in [0.29, 0.717) is 24.4 Å². The van der Waals surface area contributed by atoms with Gasteiger partial charge in [-0.1, -0.05) is 0 Å². The first-order chi connectivity index (χ1) is 12.3. The summed E-state index contributed by atoms with van der Waals surface area (Å²) in [6.07, 6.45) is 9.90. The van der Waals surface area contributed by atoms with E-state index in [0.717, 1.165) is 51.5 Å². The monoisotopic (exact) mass is 415 g/mol. The van der Waals surface area contributed by atoms with Crippen molar-refractivity contribution in [2.24, 2.45) is 11.8 Å². The van der Waals surface area contributed by atoms with Crippen LogP contribution in [0.4, 0.5) is 0 Å². The van der Waals surface area contributed by atoms with Crippen LogP contribution in [0.2, 0.25) is 0 Å². The van der Waals surface area contributed by atoms with Crippen molar-refractivity contribution in [2.75, 3.05) is 26.3 Å². The van der Waals surface area contributed by atoms with E-state index in [-0.39, 0.29) is 30.7 Å². The number of carbonyl (C=O) groups is 1. The van der Waals surface area contributed by atoms with Crippen molar-refractivity contribution in [2.45, 2.75) is 50.6 Å². The van der Waals surface area contributed by atoms with Gasteiger partial charge in [-0.3, -0.25) is 14.7 Å². The van der Waals surface area contributed by atoms with Crippen LogP contribution in [-0.2, 0) is 16.0 Å². The second-order valence-corrected chi connectivity index (χ2v) is 7.83. The van der Waals surface area contributed by atoms with E-state index in [1.165, 1.54) is 18.4 Å². The Morgan fingerprint density at radius 3 is 2.48 bits per heavy atom. The summed E-state index contributed by atoms with van der Waals surface area (Å²) in [5, 5.41) is 3.36. The van der Waals surface area contributed by atoms with Crippen LogP contribution in [0.1, 0.15) is 37.7 Å². The third-order valence-electron chi connectivity index (χ3n) is 6.06. The molecular formula is C20H31Cl2N3O2. The summed E-state index contributed by atoms with van der Waals surface area (Å²) >= 11 is 0. The van der Waals surface area contributed by atoms with Gasteiger partial charge in [-0.05, 0) is 61.6 Å².